The lowest BCUT2D eigenvalue weighted by atomic mass is 9.87. The van der Waals surface area contributed by atoms with Gasteiger partial charge in [0.2, 0.25) is 17.7 Å². The second-order valence-corrected chi connectivity index (χ2v) is 10.4. The van der Waals surface area contributed by atoms with E-state index in [9.17, 15) is 18.8 Å². The lowest BCUT2D eigenvalue weighted by Crippen LogP contribution is -2.63. The fourth-order valence-electron chi connectivity index (χ4n) is 4.76. The van der Waals surface area contributed by atoms with Gasteiger partial charge in [0.1, 0.15) is 17.1 Å². The lowest BCUT2D eigenvalue weighted by molar-refractivity contribution is -0.133. The van der Waals surface area contributed by atoms with E-state index in [0.29, 0.717) is 50.2 Å². The fourth-order valence-corrected chi connectivity index (χ4v) is 5.42. The summed E-state index contributed by atoms with van der Waals surface area (Å²) < 4.78 is 19.4. The van der Waals surface area contributed by atoms with Crippen LogP contribution in [0.1, 0.15) is 28.8 Å². The Morgan fingerprint density at radius 3 is 2.82 bits per heavy atom. The van der Waals surface area contributed by atoms with Crippen molar-refractivity contribution < 1.29 is 23.5 Å². The maximum Gasteiger partial charge on any atom is 0.275 e. The summed E-state index contributed by atoms with van der Waals surface area (Å²) in [5.74, 6) is -0.160. The first-order chi connectivity index (χ1) is 18.9. The van der Waals surface area contributed by atoms with Crippen molar-refractivity contribution in [2.75, 3.05) is 31.1 Å². The highest BCUT2D eigenvalue weighted by Gasteiger charge is 2.40. The predicted octanol–water partition coefficient (Wildman–Crippen LogP) is 2.07. The number of rotatable bonds is 9. The van der Waals surface area contributed by atoms with Crippen LogP contribution < -0.4 is 26.1 Å². The highest BCUT2D eigenvalue weighted by Crippen LogP contribution is 2.23. The molecule has 3 amide bonds. The number of benzene rings is 2. The van der Waals surface area contributed by atoms with Crippen molar-refractivity contribution in [1.82, 2.24) is 26.4 Å². The largest absolute Gasteiger partial charge is 0.440 e. The number of carbonyl (C=O) groups excluding carboxylic acids is 3. The van der Waals surface area contributed by atoms with E-state index in [2.05, 4.69) is 31.5 Å². The molecule has 204 valence electrons. The van der Waals surface area contributed by atoms with Gasteiger partial charge >= 0.3 is 0 Å². The number of thioether (sulfide) groups is 1. The summed E-state index contributed by atoms with van der Waals surface area (Å²) in [5.41, 5.74) is 3.56. The molecule has 10 nitrogen and oxygen atoms in total. The molecule has 0 aliphatic carbocycles. The topological polar surface area (TPSA) is 137 Å². The van der Waals surface area contributed by atoms with Crippen molar-refractivity contribution in [3.8, 4) is 5.75 Å². The molecular weight excluding hydrogens is 523 g/mol. The SMILES string of the molecule is O=C(CSCC1=NNC(=O)c2ccccc2O1)NC1(C(=O)NCCc2c[nH]c3ccc(F)cc23)CCNCC1. The minimum absolute atomic E-state index is 0.0847. The quantitative estimate of drug-likeness (QED) is 0.276. The second kappa shape index (κ2) is 11.9. The number of hydrogen-bond donors (Lipinski definition) is 5. The third-order valence-corrected chi connectivity index (χ3v) is 7.70. The number of para-hydroxylation sites is 1. The number of ether oxygens (including phenoxy) is 1. The van der Waals surface area contributed by atoms with Crippen LogP contribution in [0.5, 0.6) is 5.75 Å². The van der Waals surface area contributed by atoms with E-state index in [-0.39, 0.29) is 40.9 Å². The molecule has 5 N–H and O–H groups in total. The van der Waals surface area contributed by atoms with Crippen LogP contribution in [-0.2, 0) is 16.0 Å². The van der Waals surface area contributed by atoms with Gasteiger partial charge in [0.05, 0.1) is 17.1 Å². The lowest BCUT2D eigenvalue weighted by Gasteiger charge is -2.37. The number of nitrogens with zero attached hydrogens (tertiary/aromatic N) is 1. The molecule has 0 spiro atoms. The number of aromatic nitrogens is 1. The zero-order chi connectivity index (χ0) is 27.2. The van der Waals surface area contributed by atoms with Gasteiger partial charge in [-0.1, -0.05) is 12.1 Å². The van der Waals surface area contributed by atoms with E-state index in [1.165, 1.54) is 23.9 Å². The van der Waals surface area contributed by atoms with Crippen LogP contribution in [0.25, 0.3) is 10.9 Å². The van der Waals surface area contributed by atoms with Crippen molar-refractivity contribution in [2.45, 2.75) is 24.8 Å². The van der Waals surface area contributed by atoms with E-state index in [4.69, 9.17) is 4.74 Å². The summed E-state index contributed by atoms with van der Waals surface area (Å²) in [4.78, 5) is 41.5. The molecule has 1 fully saturated rings. The molecule has 0 saturated carbocycles. The van der Waals surface area contributed by atoms with E-state index in [0.717, 1.165) is 16.5 Å². The number of hydrazone groups is 1. The molecule has 3 heterocycles. The zero-order valence-corrected chi connectivity index (χ0v) is 22.0. The molecule has 0 atom stereocenters. The van der Waals surface area contributed by atoms with Gasteiger partial charge in [-0.05, 0) is 68.2 Å². The van der Waals surface area contributed by atoms with Crippen molar-refractivity contribution in [1.29, 1.82) is 0 Å². The standard InChI is InChI=1S/C27H29FN6O4S/c28-18-5-6-21-20(13-18)17(14-31-21)7-10-30-26(37)27(8-11-29-12-9-27)32-23(35)15-39-16-24-33-34-25(36)19-3-1-2-4-22(19)38-24/h1-6,13-14,29,31H,7-12,15-16H2,(H,30,37)(H,32,35)(H,34,36). The van der Waals surface area contributed by atoms with Gasteiger partial charge in [0.15, 0.2) is 0 Å². The van der Waals surface area contributed by atoms with Gasteiger partial charge in [-0.3, -0.25) is 14.4 Å². The molecule has 1 saturated heterocycles. The first kappa shape index (κ1) is 26.7. The van der Waals surface area contributed by atoms with Crippen LogP contribution in [0.3, 0.4) is 0 Å². The number of nitrogens with one attached hydrogen (secondary N) is 5. The predicted molar refractivity (Wildman–Crippen MR) is 147 cm³/mol. The van der Waals surface area contributed by atoms with Crippen LogP contribution in [-0.4, -0.2) is 65.3 Å². The van der Waals surface area contributed by atoms with E-state index in [1.54, 1.807) is 30.3 Å². The van der Waals surface area contributed by atoms with Gasteiger partial charge < -0.3 is 25.7 Å². The molecular formula is C27H29FN6O4S. The number of fused-ring (bicyclic) bond motifs is 2. The summed E-state index contributed by atoms with van der Waals surface area (Å²) in [6.45, 7) is 1.56. The maximum absolute atomic E-state index is 13.7. The van der Waals surface area contributed by atoms with Crippen molar-refractivity contribution in [2.24, 2.45) is 5.10 Å². The third kappa shape index (κ3) is 6.23. The Balaban J connectivity index is 1.14. The Hall–Kier alpha value is -3.90. The van der Waals surface area contributed by atoms with Gasteiger partial charge in [0, 0.05) is 23.6 Å². The molecule has 1 aromatic heterocycles. The molecule has 2 aliphatic rings. The van der Waals surface area contributed by atoms with Gasteiger partial charge in [-0.25, -0.2) is 9.82 Å². The Bertz CT molecular complexity index is 1420. The smallest absolute Gasteiger partial charge is 0.275 e. The monoisotopic (exact) mass is 552 g/mol. The van der Waals surface area contributed by atoms with Crippen LogP contribution in [0, 0.1) is 5.82 Å². The van der Waals surface area contributed by atoms with Gasteiger partial charge in [-0.2, -0.15) is 0 Å². The van der Waals surface area contributed by atoms with Gasteiger partial charge in [0.25, 0.3) is 5.91 Å². The van der Waals surface area contributed by atoms with Crippen molar-refractivity contribution in [3.63, 3.8) is 0 Å². The average molecular weight is 553 g/mol. The molecule has 0 radical (unpaired) electrons. The summed E-state index contributed by atoms with van der Waals surface area (Å²) >= 11 is 1.27. The zero-order valence-electron chi connectivity index (χ0n) is 21.1. The highest BCUT2D eigenvalue weighted by atomic mass is 32.2. The minimum atomic E-state index is -1.02. The second-order valence-electron chi connectivity index (χ2n) is 9.43. The van der Waals surface area contributed by atoms with Crippen LogP contribution in [0.2, 0.25) is 0 Å². The number of H-pyrrole nitrogens is 1. The van der Waals surface area contributed by atoms with Crippen LogP contribution in [0.15, 0.2) is 53.8 Å². The van der Waals surface area contributed by atoms with E-state index < -0.39 is 5.54 Å². The third-order valence-electron chi connectivity index (χ3n) is 6.78. The Kier molecular flexibility index (Phi) is 8.13. The van der Waals surface area contributed by atoms with Crippen LogP contribution >= 0.6 is 11.8 Å². The molecule has 3 aromatic rings. The number of piperidine rings is 1. The summed E-state index contributed by atoms with van der Waals surface area (Å²) in [6.07, 6.45) is 3.27. The Labute approximate surface area is 228 Å². The summed E-state index contributed by atoms with van der Waals surface area (Å²) in [6, 6.07) is 11.4. The first-order valence-electron chi connectivity index (χ1n) is 12.7. The fraction of sp³-hybridized carbons (Fsp3) is 0.333. The van der Waals surface area contributed by atoms with Crippen LogP contribution in [0.4, 0.5) is 4.39 Å². The molecule has 5 rings (SSSR count). The molecule has 2 aliphatic heterocycles. The average Bonchev–Trinajstić information content (AvgIpc) is 3.26. The molecule has 2 aromatic carbocycles. The van der Waals surface area contributed by atoms with E-state index in [1.807, 2.05) is 6.20 Å². The molecule has 12 heteroatoms. The number of hydrogen-bond acceptors (Lipinski definition) is 7. The number of aromatic amines is 1. The number of carbonyl (C=O) groups is 3. The maximum atomic E-state index is 13.7. The van der Waals surface area contributed by atoms with Gasteiger partial charge in [-0.15, -0.1) is 16.9 Å². The molecule has 0 bridgehead atoms. The number of halogens is 1. The van der Waals surface area contributed by atoms with Crippen molar-refractivity contribution in [3.05, 3.63) is 65.6 Å². The molecule has 0 unspecified atom stereocenters. The summed E-state index contributed by atoms with van der Waals surface area (Å²) in [7, 11) is 0. The highest BCUT2D eigenvalue weighted by molar-refractivity contribution is 8.00. The Morgan fingerprint density at radius 1 is 1.15 bits per heavy atom. The first-order valence-corrected chi connectivity index (χ1v) is 13.9. The Morgan fingerprint density at radius 2 is 1.97 bits per heavy atom. The summed E-state index contributed by atoms with van der Waals surface area (Å²) in [5, 5.41) is 14.0. The minimum Gasteiger partial charge on any atom is -0.440 e. The normalized spacial score (nSPS) is 16.3. The van der Waals surface area contributed by atoms with E-state index >= 15 is 0 Å². The number of amides is 3. The van der Waals surface area contributed by atoms with Crippen molar-refractivity contribution >= 4 is 46.3 Å². The molecule has 39 heavy (non-hydrogen) atoms.